The highest BCUT2D eigenvalue weighted by atomic mass is 127. The van der Waals surface area contributed by atoms with Gasteiger partial charge in [-0.3, -0.25) is 9.59 Å². The predicted molar refractivity (Wildman–Crippen MR) is 63.5 cm³/mol. The molecule has 0 aromatic rings. The average Bonchev–Trinajstić information content (AvgIpc) is 2.62. The Bertz CT molecular complexity index is 282. The molecule has 0 unspecified atom stereocenters. The summed E-state index contributed by atoms with van der Waals surface area (Å²) in [5.74, 6) is -0.742. The van der Waals surface area contributed by atoms with E-state index in [0.29, 0.717) is 12.1 Å². The minimum absolute atomic E-state index is 0.104. The molecule has 0 aromatic carbocycles. The summed E-state index contributed by atoms with van der Waals surface area (Å²) in [5.41, 5.74) is 5.59. The Labute approximate surface area is 98.2 Å². The number of carbonyl (C=O) groups is 2. The average molecular weight is 327 g/mol. The fourth-order valence-corrected chi connectivity index (χ4v) is 2.25. The van der Waals surface area contributed by atoms with Gasteiger partial charge >= 0.3 is 0 Å². The fourth-order valence-electron chi connectivity index (χ4n) is 1.03. The van der Waals surface area contributed by atoms with Gasteiger partial charge in [-0.05, 0) is 9.12 Å². The zero-order valence-corrected chi connectivity index (χ0v) is 10.3. The number of hydrogen-bond donors (Lipinski definition) is 2. The highest BCUT2D eigenvalue weighted by Crippen LogP contribution is 2.23. The largest absolute Gasteiger partial charge is 0.368 e. The van der Waals surface area contributed by atoms with Gasteiger partial charge in [-0.1, -0.05) is 6.08 Å². The number of primary amides is 1. The Kier molecular flexibility index (Phi) is 4.69. The molecule has 5 nitrogen and oxygen atoms in total. The number of amides is 2. The third-order valence-electron chi connectivity index (χ3n) is 1.70. The maximum Gasteiger partial charge on any atom is 0.248 e. The first-order valence-electron chi connectivity index (χ1n) is 3.92. The van der Waals surface area contributed by atoms with Crippen molar-refractivity contribution in [2.45, 2.75) is 0 Å². The SMILES string of the molecule is NC(=O)CNC(=O)C1=CCN(SI)C1. The van der Waals surface area contributed by atoms with Crippen LogP contribution in [0, 0.1) is 0 Å². The van der Waals surface area contributed by atoms with Gasteiger partial charge in [0, 0.05) is 39.9 Å². The van der Waals surface area contributed by atoms with Crippen LogP contribution in [-0.4, -0.2) is 35.8 Å². The van der Waals surface area contributed by atoms with Gasteiger partial charge in [0.2, 0.25) is 11.8 Å². The zero-order chi connectivity index (χ0) is 10.6. The second kappa shape index (κ2) is 5.56. The third kappa shape index (κ3) is 3.46. The highest BCUT2D eigenvalue weighted by molar-refractivity contribution is 14.2. The van der Waals surface area contributed by atoms with Crippen molar-refractivity contribution < 1.29 is 9.59 Å². The number of rotatable bonds is 4. The third-order valence-corrected chi connectivity index (χ3v) is 3.84. The van der Waals surface area contributed by atoms with Gasteiger partial charge in [-0.25, -0.2) is 4.31 Å². The lowest BCUT2D eigenvalue weighted by molar-refractivity contribution is -0.122. The summed E-state index contributed by atoms with van der Waals surface area (Å²) in [6, 6.07) is 0. The van der Waals surface area contributed by atoms with Crippen molar-refractivity contribution in [2.24, 2.45) is 5.73 Å². The first kappa shape index (κ1) is 11.8. The smallest absolute Gasteiger partial charge is 0.248 e. The summed E-state index contributed by atoms with van der Waals surface area (Å²) in [5, 5.41) is 2.45. The van der Waals surface area contributed by atoms with Crippen molar-refractivity contribution >= 4 is 42.1 Å². The molecule has 7 heteroatoms. The molecule has 1 aliphatic rings. The summed E-state index contributed by atoms with van der Waals surface area (Å²) in [4.78, 5) is 21.8. The predicted octanol–water partition coefficient (Wildman–Crippen LogP) is -0.172. The number of nitrogens with zero attached hydrogens (tertiary/aromatic N) is 1. The Hall–Kier alpha value is -0.280. The molecule has 1 aliphatic heterocycles. The van der Waals surface area contributed by atoms with E-state index in [2.05, 4.69) is 26.5 Å². The van der Waals surface area contributed by atoms with Crippen molar-refractivity contribution in [3.63, 3.8) is 0 Å². The molecule has 78 valence electrons. The lowest BCUT2D eigenvalue weighted by Crippen LogP contribution is -2.34. The molecule has 0 aromatic heterocycles. The molecule has 0 atom stereocenters. The zero-order valence-electron chi connectivity index (χ0n) is 7.33. The lowest BCUT2D eigenvalue weighted by Gasteiger charge is -2.09. The molecule has 0 saturated heterocycles. The molecular formula is C7H10IN3O2S. The second-order valence-electron chi connectivity index (χ2n) is 2.77. The van der Waals surface area contributed by atoms with Crippen LogP contribution in [0.25, 0.3) is 0 Å². The monoisotopic (exact) mass is 327 g/mol. The molecule has 0 fully saturated rings. The summed E-state index contributed by atoms with van der Waals surface area (Å²) >= 11 is 2.16. The Morgan fingerprint density at radius 1 is 1.71 bits per heavy atom. The molecule has 2 amide bonds. The van der Waals surface area contributed by atoms with Crippen LogP contribution in [0.5, 0.6) is 0 Å². The van der Waals surface area contributed by atoms with Crippen molar-refractivity contribution in [2.75, 3.05) is 19.6 Å². The van der Waals surface area contributed by atoms with Crippen LogP contribution in [0.15, 0.2) is 11.6 Å². The molecule has 14 heavy (non-hydrogen) atoms. The number of nitrogens with two attached hydrogens (primary N) is 1. The number of nitrogens with one attached hydrogen (secondary N) is 1. The molecule has 0 spiro atoms. The molecule has 0 bridgehead atoms. The topological polar surface area (TPSA) is 75.4 Å². The van der Waals surface area contributed by atoms with Crippen molar-refractivity contribution in [3.05, 3.63) is 11.6 Å². The van der Waals surface area contributed by atoms with Crippen molar-refractivity contribution in [1.29, 1.82) is 0 Å². The first-order valence-corrected chi connectivity index (χ1v) is 7.24. The van der Waals surface area contributed by atoms with E-state index >= 15 is 0 Å². The molecule has 1 rings (SSSR count). The van der Waals surface area contributed by atoms with Crippen LogP contribution in [0.4, 0.5) is 0 Å². The lowest BCUT2D eigenvalue weighted by atomic mass is 10.2. The molecule has 0 radical (unpaired) electrons. The van der Waals surface area contributed by atoms with E-state index in [0.717, 1.165) is 6.54 Å². The Balaban J connectivity index is 2.36. The molecule has 3 N–H and O–H groups in total. The van der Waals surface area contributed by atoms with Crippen molar-refractivity contribution in [1.82, 2.24) is 9.62 Å². The molecule has 0 aliphatic carbocycles. The van der Waals surface area contributed by atoms with E-state index in [1.54, 1.807) is 9.12 Å². The normalized spacial score (nSPS) is 16.5. The maximum atomic E-state index is 11.4. The quantitative estimate of drug-likeness (QED) is 0.555. The van der Waals surface area contributed by atoms with Gasteiger partial charge in [0.1, 0.15) is 0 Å². The van der Waals surface area contributed by atoms with Gasteiger partial charge in [-0.2, -0.15) is 0 Å². The van der Waals surface area contributed by atoms with Crippen LogP contribution in [-0.2, 0) is 9.59 Å². The van der Waals surface area contributed by atoms with E-state index < -0.39 is 5.91 Å². The van der Waals surface area contributed by atoms with Gasteiger partial charge in [-0.15, -0.1) is 0 Å². The Morgan fingerprint density at radius 3 is 2.93 bits per heavy atom. The maximum absolute atomic E-state index is 11.4. The van der Waals surface area contributed by atoms with Gasteiger partial charge in [0.05, 0.1) is 6.54 Å². The number of carbonyl (C=O) groups excluding carboxylic acids is 2. The van der Waals surface area contributed by atoms with Gasteiger partial charge < -0.3 is 11.1 Å². The van der Waals surface area contributed by atoms with E-state index in [4.69, 9.17) is 5.73 Å². The summed E-state index contributed by atoms with van der Waals surface area (Å²) in [6.45, 7) is 1.26. The molecule has 0 saturated carbocycles. The molecular weight excluding hydrogens is 317 g/mol. The summed E-state index contributed by atoms with van der Waals surface area (Å²) in [7, 11) is 1.56. The van der Waals surface area contributed by atoms with Gasteiger partial charge in [0.15, 0.2) is 0 Å². The minimum Gasteiger partial charge on any atom is -0.368 e. The van der Waals surface area contributed by atoms with E-state index in [1.807, 2.05) is 10.4 Å². The van der Waals surface area contributed by atoms with Gasteiger partial charge in [0.25, 0.3) is 0 Å². The van der Waals surface area contributed by atoms with Crippen LogP contribution in [0.1, 0.15) is 0 Å². The number of halogens is 1. The van der Waals surface area contributed by atoms with Crippen molar-refractivity contribution in [3.8, 4) is 0 Å². The Morgan fingerprint density at radius 2 is 2.43 bits per heavy atom. The summed E-state index contributed by atoms with van der Waals surface area (Å²) in [6.07, 6.45) is 1.85. The van der Waals surface area contributed by atoms with Crippen LogP contribution in [0.3, 0.4) is 0 Å². The number of hydrogen-bond acceptors (Lipinski definition) is 4. The minimum atomic E-state index is -0.530. The standard InChI is InChI=1S/C7H10IN3O2S/c8-14-11-2-1-5(4-11)7(13)10-3-6(9)12/h1H,2-4H2,(H2,9,12)(H,10,13). The fraction of sp³-hybridized carbons (Fsp3) is 0.429. The van der Waals surface area contributed by atoms with Crippen LogP contribution >= 0.6 is 30.3 Å². The highest BCUT2D eigenvalue weighted by Gasteiger charge is 2.19. The molecule has 1 heterocycles. The van der Waals surface area contributed by atoms with E-state index in [-0.39, 0.29) is 12.5 Å². The first-order chi connectivity index (χ1) is 6.63. The van der Waals surface area contributed by atoms with Crippen LogP contribution < -0.4 is 11.1 Å². The van der Waals surface area contributed by atoms with E-state index in [9.17, 15) is 9.59 Å². The van der Waals surface area contributed by atoms with E-state index in [1.165, 1.54) is 0 Å². The second-order valence-corrected chi connectivity index (χ2v) is 4.61. The summed E-state index contributed by atoms with van der Waals surface area (Å²) < 4.78 is 2.03. The van der Waals surface area contributed by atoms with Crippen LogP contribution in [0.2, 0.25) is 0 Å².